The van der Waals surface area contributed by atoms with Crippen LogP contribution < -0.4 is 4.72 Å². The SMILES string of the molecule is O=C(O)CCC/C=C/C1C2CCC(C2)C1CNS(=O)(=O)/C=C/c1ccc(C(F)(F)F)cc1. The molecule has 0 aliphatic heterocycles. The molecular formula is C23H28F3NO4S. The van der Waals surface area contributed by atoms with Crippen molar-refractivity contribution < 1.29 is 31.5 Å². The molecule has 2 bridgehead atoms. The lowest BCUT2D eigenvalue weighted by Crippen LogP contribution is -2.34. The van der Waals surface area contributed by atoms with Gasteiger partial charge >= 0.3 is 12.1 Å². The van der Waals surface area contributed by atoms with Crippen LogP contribution in [0.15, 0.2) is 41.8 Å². The van der Waals surface area contributed by atoms with Crippen molar-refractivity contribution in [2.24, 2.45) is 23.7 Å². The smallest absolute Gasteiger partial charge is 0.416 e. The molecule has 4 atom stereocenters. The lowest BCUT2D eigenvalue weighted by molar-refractivity contribution is -0.138. The second-order valence-corrected chi connectivity index (χ2v) is 10.3. The number of nitrogens with one attached hydrogen (secondary N) is 1. The molecule has 0 amide bonds. The zero-order valence-electron chi connectivity index (χ0n) is 17.6. The minimum atomic E-state index is -4.43. The summed E-state index contributed by atoms with van der Waals surface area (Å²) in [6, 6.07) is 4.30. The maximum absolute atomic E-state index is 12.6. The highest BCUT2D eigenvalue weighted by Gasteiger charge is 2.46. The Bertz CT molecular complexity index is 954. The molecule has 176 valence electrons. The normalized spacial score (nSPS) is 25.8. The summed E-state index contributed by atoms with van der Waals surface area (Å²) in [5.41, 5.74) is -0.417. The van der Waals surface area contributed by atoms with Crippen LogP contribution in [0, 0.1) is 23.7 Å². The molecule has 2 saturated carbocycles. The third-order valence-corrected chi connectivity index (χ3v) is 7.54. The molecule has 0 aromatic heterocycles. The highest BCUT2D eigenvalue weighted by molar-refractivity contribution is 7.92. The van der Waals surface area contributed by atoms with Gasteiger partial charge in [0, 0.05) is 18.4 Å². The number of benzene rings is 1. The number of hydrogen-bond acceptors (Lipinski definition) is 3. The Labute approximate surface area is 186 Å². The molecule has 2 aliphatic carbocycles. The summed E-state index contributed by atoms with van der Waals surface area (Å²) < 4.78 is 65.4. The van der Waals surface area contributed by atoms with Gasteiger partial charge in [0.05, 0.1) is 5.56 Å². The summed E-state index contributed by atoms with van der Waals surface area (Å²) in [5.74, 6) is 0.664. The Morgan fingerprint density at radius 1 is 1.16 bits per heavy atom. The van der Waals surface area contributed by atoms with Gasteiger partial charge in [-0.05, 0) is 79.5 Å². The van der Waals surface area contributed by atoms with Gasteiger partial charge in [0.25, 0.3) is 0 Å². The molecule has 3 rings (SSSR count). The maximum atomic E-state index is 12.6. The fraction of sp³-hybridized carbons (Fsp3) is 0.522. The van der Waals surface area contributed by atoms with E-state index in [-0.39, 0.29) is 18.3 Å². The summed E-state index contributed by atoms with van der Waals surface area (Å²) in [6.07, 6.45) is 5.69. The largest absolute Gasteiger partial charge is 0.481 e. The molecule has 2 N–H and O–H groups in total. The number of hydrogen-bond donors (Lipinski definition) is 2. The van der Waals surface area contributed by atoms with Crippen LogP contribution in [0.5, 0.6) is 0 Å². The Kier molecular flexibility index (Phi) is 7.82. The molecule has 1 aromatic rings. The van der Waals surface area contributed by atoms with Gasteiger partial charge in [-0.1, -0.05) is 24.3 Å². The van der Waals surface area contributed by atoms with E-state index >= 15 is 0 Å². The lowest BCUT2D eigenvalue weighted by Gasteiger charge is -2.29. The minimum absolute atomic E-state index is 0.134. The zero-order chi connectivity index (χ0) is 23.4. The van der Waals surface area contributed by atoms with E-state index in [9.17, 15) is 26.4 Å². The van der Waals surface area contributed by atoms with Crippen LogP contribution in [-0.4, -0.2) is 26.0 Å². The second-order valence-electron chi connectivity index (χ2n) is 8.60. The first-order valence-corrected chi connectivity index (χ1v) is 12.3. The number of rotatable bonds is 10. The Morgan fingerprint density at radius 3 is 2.50 bits per heavy atom. The lowest BCUT2D eigenvalue weighted by atomic mass is 9.79. The molecule has 0 spiro atoms. The van der Waals surface area contributed by atoms with Crippen molar-refractivity contribution in [2.45, 2.75) is 44.7 Å². The Morgan fingerprint density at radius 2 is 1.84 bits per heavy atom. The molecule has 0 heterocycles. The van der Waals surface area contributed by atoms with Crippen LogP contribution in [0.1, 0.15) is 49.7 Å². The summed E-state index contributed by atoms with van der Waals surface area (Å²) in [7, 11) is -3.73. The van der Waals surface area contributed by atoms with Crippen LogP contribution in [0.25, 0.3) is 6.08 Å². The third-order valence-electron chi connectivity index (χ3n) is 6.48. The molecular weight excluding hydrogens is 443 g/mol. The predicted octanol–water partition coefficient (Wildman–Crippen LogP) is 5.07. The van der Waals surface area contributed by atoms with E-state index in [4.69, 9.17) is 5.11 Å². The van der Waals surface area contributed by atoms with Gasteiger partial charge in [-0.3, -0.25) is 4.79 Å². The van der Waals surface area contributed by atoms with Gasteiger partial charge in [-0.15, -0.1) is 0 Å². The molecule has 2 fully saturated rings. The van der Waals surface area contributed by atoms with E-state index in [1.807, 2.05) is 6.08 Å². The van der Waals surface area contributed by atoms with Crippen molar-refractivity contribution in [3.05, 3.63) is 53.0 Å². The van der Waals surface area contributed by atoms with Crippen molar-refractivity contribution in [2.75, 3.05) is 6.54 Å². The summed E-state index contributed by atoms with van der Waals surface area (Å²) in [5, 5.41) is 9.71. The average Bonchev–Trinajstić information content (AvgIpc) is 3.32. The minimum Gasteiger partial charge on any atom is -0.481 e. The molecule has 32 heavy (non-hydrogen) atoms. The summed E-state index contributed by atoms with van der Waals surface area (Å²) in [6.45, 7) is 0.311. The second kappa shape index (κ2) is 10.2. The fourth-order valence-electron chi connectivity index (χ4n) is 4.89. The standard InChI is InChI=1S/C23H28F3NO4S/c24-23(25,26)19-10-6-16(7-11-19)12-13-32(30,31)27-15-21-18-9-8-17(14-18)20(21)4-2-1-3-5-22(28)29/h2,4,6-7,10-13,17-18,20-21,27H,1,3,5,8-9,14-15H2,(H,28,29)/b4-2+,13-12+. The van der Waals surface area contributed by atoms with Crippen molar-refractivity contribution >= 4 is 22.1 Å². The van der Waals surface area contributed by atoms with Gasteiger partial charge < -0.3 is 5.11 Å². The number of halogens is 3. The van der Waals surface area contributed by atoms with Crippen LogP contribution in [0.2, 0.25) is 0 Å². The van der Waals surface area contributed by atoms with E-state index in [0.29, 0.717) is 36.8 Å². The van der Waals surface area contributed by atoms with E-state index in [1.165, 1.54) is 18.2 Å². The van der Waals surface area contributed by atoms with E-state index in [1.54, 1.807) is 0 Å². The number of alkyl halides is 3. The van der Waals surface area contributed by atoms with Crippen molar-refractivity contribution in [3.8, 4) is 0 Å². The van der Waals surface area contributed by atoms with E-state index in [2.05, 4.69) is 10.8 Å². The van der Waals surface area contributed by atoms with Crippen molar-refractivity contribution in [3.63, 3.8) is 0 Å². The topological polar surface area (TPSA) is 83.5 Å². The molecule has 5 nitrogen and oxygen atoms in total. The number of carboxylic acid groups (broad SMARTS) is 1. The first-order chi connectivity index (χ1) is 15.0. The van der Waals surface area contributed by atoms with Crippen LogP contribution >= 0.6 is 0 Å². The number of fused-ring (bicyclic) bond motifs is 2. The van der Waals surface area contributed by atoms with Crippen LogP contribution in [-0.2, 0) is 21.0 Å². The van der Waals surface area contributed by atoms with Crippen LogP contribution in [0.4, 0.5) is 13.2 Å². The number of sulfonamides is 1. The number of unbranched alkanes of at least 4 members (excludes halogenated alkanes) is 1. The maximum Gasteiger partial charge on any atom is 0.416 e. The summed E-state index contributed by atoms with van der Waals surface area (Å²) >= 11 is 0. The number of carbonyl (C=O) groups is 1. The molecule has 0 radical (unpaired) electrons. The fourth-order valence-corrected chi connectivity index (χ4v) is 5.75. The van der Waals surface area contributed by atoms with E-state index < -0.39 is 27.7 Å². The van der Waals surface area contributed by atoms with Gasteiger partial charge in [-0.25, -0.2) is 13.1 Å². The Hall–Kier alpha value is -2.13. The highest BCUT2D eigenvalue weighted by Crippen LogP contribution is 2.52. The first-order valence-electron chi connectivity index (χ1n) is 10.8. The van der Waals surface area contributed by atoms with Crippen LogP contribution in [0.3, 0.4) is 0 Å². The predicted molar refractivity (Wildman–Crippen MR) is 116 cm³/mol. The molecule has 2 aliphatic rings. The van der Waals surface area contributed by atoms with Gasteiger partial charge in [-0.2, -0.15) is 13.2 Å². The molecule has 0 saturated heterocycles. The molecule has 9 heteroatoms. The van der Waals surface area contributed by atoms with Crippen molar-refractivity contribution in [1.82, 2.24) is 4.72 Å². The first kappa shape index (κ1) is 24.5. The highest BCUT2D eigenvalue weighted by atomic mass is 32.2. The molecule has 1 aromatic carbocycles. The Balaban J connectivity index is 1.55. The molecule has 4 unspecified atom stereocenters. The zero-order valence-corrected chi connectivity index (χ0v) is 18.4. The average molecular weight is 472 g/mol. The van der Waals surface area contributed by atoms with Crippen molar-refractivity contribution in [1.29, 1.82) is 0 Å². The van der Waals surface area contributed by atoms with E-state index in [0.717, 1.165) is 36.8 Å². The number of allylic oxidation sites excluding steroid dienone is 2. The quantitative estimate of drug-likeness (QED) is 0.369. The summed E-state index contributed by atoms with van der Waals surface area (Å²) in [4.78, 5) is 10.6. The monoisotopic (exact) mass is 471 g/mol. The number of aliphatic carboxylic acids is 1. The third kappa shape index (κ3) is 6.68. The van der Waals surface area contributed by atoms with Gasteiger partial charge in [0.15, 0.2) is 0 Å². The van der Waals surface area contributed by atoms with Gasteiger partial charge in [0.2, 0.25) is 10.0 Å². The number of carboxylic acids is 1. The van der Waals surface area contributed by atoms with Gasteiger partial charge in [0.1, 0.15) is 0 Å².